The zero-order chi connectivity index (χ0) is 12.8. The molecule has 1 unspecified atom stereocenters. The number of hydrogen-bond acceptors (Lipinski definition) is 2. The molecule has 1 rings (SSSR count). The molecule has 0 aromatic heterocycles. The van der Waals surface area contributed by atoms with Gasteiger partial charge < -0.3 is 11.1 Å². The van der Waals surface area contributed by atoms with Crippen LogP contribution in [0.25, 0.3) is 0 Å². The number of carbonyl (C=O) groups excluding carboxylic acids is 1. The van der Waals surface area contributed by atoms with Gasteiger partial charge in [0.05, 0.1) is 5.92 Å². The molecule has 0 heterocycles. The van der Waals surface area contributed by atoms with E-state index in [4.69, 9.17) is 5.73 Å². The summed E-state index contributed by atoms with van der Waals surface area (Å²) < 4.78 is 0. The molecular formula is C14H22N2O. The van der Waals surface area contributed by atoms with E-state index in [1.54, 1.807) is 0 Å². The summed E-state index contributed by atoms with van der Waals surface area (Å²) in [4.78, 5) is 12.0. The minimum atomic E-state index is -0.0826. The number of nitrogens with one attached hydrogen (secondary N) is 1. The van der Waals surface area contributed by atoms with Crippen molar-refractivity contribution >= 4 is 11.6 Å². The van der Waals surface area contributed by atoms with Gasteiger partial charge in [-0.1, -0.05) is 19.4 Å². The molecule has 0 aliphatic carbocycles. The Labute approximate surface area is 103 Å². The number of carbonyl (C=O) groups is 1. The number of anilines is 1. The highest BCUT2D eigenvalue weighted by molar-refractivity contribution is 5.92. The monoisotopic (exact) mass is 234 g/mol. The van der Waals surface area contributed by atoms with Gasteiger partial charge in [-0.15, -0.1) is 0 Å². The summed E-state index contributed by atoms with van der Waals surface area (Å²) >= 11 is 0. The van der Waals surface area contributed by atoms with Gasteiger partial charge in [-0.05, 0) is 43.5 Å². The average Bonchev–Trinajstić information content (AvgIpc) is 2.24. The van der Waals surface area contributed by atoms with Crippen LogP contribution in [0.2, 0.25) is 0 Å². The molecule has 1 aromatic carbocycles. The van der Waals surface area contributed by atoms with Gasteiger partial charge in [0.15, 0.2) is 0 Å². The number of nitrogens with two attached hydrogens (primary N) is 1. The molecule has 17 heavy (non-hydrogen) atoms. The minimum Gasteiger partial charge on any atom is -0.330 e. The van der Waals surface area contributed by atoms with Crippen molar-refractivity contribution in [2.45, 2.75) is 33.6 Å². The van der Waals surface area contributed by atoms with Gasteiger partial charge in [0.25, 0.3) is 0 Å². The van der Waals surface area contributed by atoms with Crippen LogP contribution in [-0.2, 0) is 4.79 Å². The van der Waals surface area contributed by atoms with Crippen LogP contribution >= 0.6 is 0 Å². The van der Waals surface area contributed by atoms with Crippen molar-refractivity contribution < 1.29 is 4.79 Å². The highest BCUT2D eigenvalue weighted by atomic mass is 16.1. The van der Waals surface area contributed by atoms with Crippen LogP contribution in [0.15, 0.2) is 18.2 Å². The fraction of sp³-hybridized carbons (Fsp3) is 0.500. The summed E-state index contributed by atoms with van der Waals surface area (Å²) in [7, 11) is 0. The first-order valence-corrected chi connectivity index (χ1v) is 6.16. The van der Waals surface area contributed by atoms with Crippen LogP contribution in [0.3, 0.4) is 0 Å². The lowest BCUT2D eigenvalue weighted by Crippen LogP contribution is -2.29. The topological polar surface area (TPSA) is 55.1 Å². The molecule has 0 aliphatic rings. The van der Waals surface area contributed by atoms with Crippen LogP contribution in [0, 0.1) is 19.8 Å². The Balaban J connectivity index is 2.72. The second-order valence-electron chi connectivity index (χ2n) is 4.59. The van der Waals surface area contributed by atoms with Crippen LogP contribution in [0.5, 0.6) is 0 Å². The van der Waals surface area contributed by atoms with Crippen molar-refractivity contribution in [1.29, 1.82) is 0 Å². The maximum atomic E-state index is 12.0. The van der Waals surface area contributed by atoms with Crippen molar-refractivity contribution in [3.05, 3.63) is 29.3 Å². The smallest absolute Gasteiger partial charge is 0.228 e. The summed E-state index contributed by atoms with van der Waals surface area (Å²) in [5.74, 6) is -0.0554. The first kappa shape index (κ1) is 13.7. The van der Waals surface area contributed by atoms with Gasteiger partial charge in [-0.25, -0.2) is 0 Å². The van der Waals surface area contributed by atoms with E-state index in [1.165, 1.54) is 0 Å². The van der Waals surface area contributed by atoms with Crippen molar-refractivity contribution in [2.75, 3.05) is 11.9 Å². The van der Waals surface area contributed by atoms with Crippen molar-refractivity contribution in [2.24, 2.45) is 11.7 Å². The fourth-order valence-corrected chi connectivity index (χ4v) is 2.00. The van der Waals surface area contributed by atoms with E-state index in [0.29, 0.717) is 6.54 Å². The van der Waals surface area contributed by atoms with Gasteiger partial charge in [-0.3, -0.25) is 4.79 Å². The van der Waals surface area contributed by atoms with Crippen LogP contribution in [0.1, 0.15) is 30.9 Å². The summed E-state index contributed by atoms with van der Waals surface area (Å²) in [6.07, 6.45) is 1.81. The third-order valence-electron chi connectivity index (χ3n) is 2.78. The lowest BCUT2D eigenvalue weighted by atomic mass is 10.0. The maximum Gasteiger partial charge on any atom is 0.228 e. The first-order valence-electron chi connectivity index (χ1n) is 6.16. The molecule has 0 radical (unpaired) electrons. The van der Waals surface area contributed by atoms with E-state index in [9.17, 15) is 4.79 Å². The third kappa shape index (κ3) is 4.19. The van der Waals surface area contributed by atoms with E-state index < -0.39 is 0 Å². The van der Waals surface area contributed by atoms with E-state index in [-0.39, 0.29) is 11.8 Å². The fourth-order valence-electron chi connectivity index (χ4n) is 2.00. The second kappa shape index (κ2) is 6.40. The van der Waals surface area contributed by atoms with E-state index in [2.05, 4.69) is 18.3 Å². The quantitative estimate of drug-likeness (QED) is 0.822. The zero-order valence-corrected chi connectivity index (χ0v) is 10.9. The largest absolute Gasteiger partial charge is 0.330 e. The Morgan fingerprint density at radius 3 is 2.35 bits per heavy atom. The van der Waals surface area contributed by atoms with Gasteiger partial charge in [0.2, 0.25) is 5.91 Å². The third-order valence-corrected chi connectivity index (χ3v) is 2.78. The van der Waals surface area contributed by atoms with Crippen molar-refractivity contribution in [1.82, 2.24) is 0 Å². The van der Waals surface area contributed by atoms with Crippen LogP contribution in [-0.4, -0.2) is 12.5 Å². The zero-order valence-electron chi connectivity index (χ0n) is 10.9. The molecular weight excluding hydrogens is 212 g/mol. The predicted molar refractivity (Wildman–Crippen MR) is 72.0 cm³/mol. The molecule has 1 amide bonds. The highest BCUT2D eigenvalue weighted by Gasteiger charge is 2.15. The average molecular weight is 234 g/mol. The van der Waals surface area contributed by atoms with Crippen molar-refractivity contribution in [3.8, 4) is 0 Å². The standard InChI is InChI=1S/C14H22N2O/c1-4-5-12(9-15)14(17)16-13-7-10(2)6-11(3)8-13/h6-8,12H,4-5,9,15H2,1-3H3,(H,16,17). The maximum absolute atomic E-state index is 12.0. The SMILES string of the molecule is CCCC(CN)C(=O)Nc1cc(C)cc(C)c1. The molecule has 0 aliphatic heterocycles. The van der Waals surface area contributed by atoms with E-state index in [1.807, 2.05) is 26.0 Å². The Kier molecular flexibility index (Phi) is 5.16. The van der Waals surface area contributed by atoms with Crippen LogP contribution < -0.4 is 11.1 Å². The summed E-state index contributed by atoms with van der Waals surface area (Å²) in [5, 5.41) is 2.94. The van der Waals surface area contributed by atoms with Gasteiger partial charge >= 0.3 is 0 Å². The lowest BCUT2D eigenvalue weighted by molar-refractivity contribution is -0.119. The molecule has 3 N–H and O–H groups in total. The first-order chi connectivity index (χ1) is 8.06. The van der Waals surface area contributed by atoms with Gasteiger partial charge in [0, 0.05) is 12.2 Å². The second-order valence-corrected chi connectivity index (χ2v) is 4.59. The number of rotatable bonds is 5. The molecule has 3 heteroatoms. The van der Waals surface area contributed by atoms with Gasteiger partial charge in [0.1, 0.15) is 0 Å². The van der Waals surface area contributed by atoms with Crippen LogP contribution in [0.4, 0.5) is 5.69 Å². The lowest BCUT2D eigenvalue weighted by Gasteiger charge is -2.14. The molecule has 3 nitrogen and oxygen atoms in total. The molecule has 0 bridgehead atoms. The molecule has 0 spiro atoms. The number of benzene rings is 1. The Bertz CT molecular complexity index is 368. The van der Waals surface area contributed by atoms with Gasteiger partial charge in [-0.2, -0.15) is 0 Å². The summed E-state index contributed by atoms with van der Waals surface area (Å²) in [5.41, 5.74) is 8.78. The van der Waals surface area contributed by atoms with E-state index >= 15 is 0 Å². The molecule has 0 saturated carbocycles. The predicted octanol–water partition coefficient (Wildman–Crippen LogP) is 2.62. The molecule has 1 atom stereocenters. The molecule has 1 aromatic rings. The van der Waals surface area contributed by atoms with Crippen molar-refractivity contribution in [3.63, 3.8) is 0 Å². The number of hydrogen-bond donors (Lipinski definition) is 2. The Morgan fingerprint density at radius 2 is 1.88 bits per heavy atom. The summed E-state index contributed by atoms with van der Waals surface area (Å²) in [6.45, 7) is 6.52. The Hall–Kier alpha value is -1.35. The number of amides is 1. The Morgan fingerprint density at radius 1 is 1.29 bits per heavy atom. The van der Waals surface area contributed by atoms with E-state index in [0.717, 1.165) is 29.7 Å². The molecule has 0 saturated heterocycles. The summed E-state index contributed by atoms with van der Waals surface area (Å²) in [6, 6.07) is 6.04. The molecule has 0 fully saturated rings. The molecule has 94 valence electrons. The number of aryl methyl sites for hydroxylation is 2. The normalized spacial score (nSPS) is 12.2. The minimum absolute atomic E-state index is 0.0272. The highest BCUT2D eigenvalue weighted by Crippen LogP contribution is 2.15.